The normalized spacial score (nSPS) is 13.2. The molecule has 41 heavy (non-hydrogen) atoms. The monoisotopic (exact) mass is 625 g/mol. The predicted molar refractivity (Wildman–Crippen MR) is 140 cm³/mol. The fourth-order valence-corrected chi connectivity index (χ4v) is 3.69. The van der Waals surface area contributed by atoms with Gasteiger partial charge < -0.3 is 20.7 Å². The van der Waals surface area contributed by atoms with Gasteiger partial charge in [0.25, 0.3) is 11.8 Å². The third-order valence-electron chi connectivity index (χ3n) is 5.49. The number of carbonyl (C=O) groups excluding carboxylic acids is 4. The Labute approximate surface area is 241 Å². The molecule has 0 aliphatic heterocycles. The third-order valence-corrected chi connectivity index (χ3v) is 6.23. The molecule has 0 aliphatic rings. The minimum absolute atomic E-state index is 0.132. The van der Waals surface area contributed by atoms with Crippen molar-refractivity contribution in [3.63, 3.8) is 0 Å². The molecule has 3 N–H and O–H groups in total. The summed E-state index contributed by atoms with van der Waals surface area (Å²) in [6.07, 6.45) is -5.13. The summed E-state index contributed by atoms with van der Waals surface area (Å²) in [5.74, 6) is -12.2. The van der Waals surface area contributed by atoms with Gasteiger partial charge in [-0.25, -0.2) is 0 Å². The predicted octanol–water partition coefficient (Wildman–Crippen LogP) is 4.12. The Morgan fingerprint density at radius 2 is 1.54 bits per heavy atom. The Hall–Kier alpha value is -3.45. The van der Waals surface area contributed by atoms with Gasteiger partial charge in [-0.3, -0.25) is 19.2 Å². The summed E-state index contributed by atoms with van der Waals surface area (Å²) in [6.45, 7) is -0.103. The first-order valence-electron chi connectivity index (χ1n) is 12.0. The molecule has 0 aromatic heterocycles. The standard InChI is InChI=1S/C26H26Cl2F5N3O5/c1-14(2)21(22(38)26(32,33)24(40)34-13-25(29,30)31)36-23(39)19(10-15-6-4-3-5-7-15)35-20(37)12-41-16-8-9-17(27)18(28)11-16/h3-9,11,14,19,21H,10,12-13H2,1-2H3,(H,34,40)(H,35,37)(H,36,39)/t19-,21-/m0/s1. The maximum Gasteiger partial charge on any atom is 0.405 e. The van der Waals surface area contributed by atoms with Crippen LogP contribution in [0.25, 0.3) is 0 Å². The van der Waals surface area contributed by atoms with Crippen molar-refractivity contribution in [3.8, 4) is 5.75 Å². The van der Waals surface area contributed by atoms with Crippen molar-refractivity contribution in [3.05, 3.63) is 64.1 Å². The molecule has 2 aromatic rings. The average molecular weight is 626 g/mol. The van der Waals surface area contributed by atoms with Crippen molar-refractivity contribution >= 4 is 46.7 Å². The average Bonchev–Trinajstić information content (AvgIpc) is 2.90. The third kappa shape index (κ3) is 10.5. The van der Waals surface area contributed by atoms with Crippen LogP contribution in [0.3, 0.4) is 0 Å². The fraction of sp³-hybridized carbons (Fsp3) is 0.385. The number of nitrogens with one attached hydrogen (secondary N) is 3. The molecule has 8 nitrogen and oxygen atoms in total. The zero-order valence-corrected chi connectivity index (χ0v) is 23.2. The van der Waals surface area contributed by atoms with Crippen LogP contribution in [0.2, 0.25) is 10.0 Å². The van der Waals surface area contributed by atoms with E-state index in [0.717, 1.165) is 5.32 Å². The molecule has 224 valence electrons. The number of rotatable bonds is 13. The van der Waals surface area contributed by atoms with Crippen LogP contribution in [0.5, 0.6) is 5.75 Å². The topological polar surface area (TPSA) is 114 Å². The number of carbonyl (C=O) groups is 4. The van der Waals surface area contributed by atoms with Gasteiger partial charge in [-0.2, -0.15) is 22.0 Å². The number of alkyl halides is 5. The lowest BCUT2D eigenvalue weighted by molar-refractivity contribution is -0.165. The van der Waals surface area contributed by atoms with Crippen LogP contribution in [0, 0.1) is 5.92 Å². The lowest BCUT2D eigenvalue weighted by atomic mass is 9.94. The van der Waals surface area contributed by atoms with Crippen LogP contribution in [0.15, 0.2) is 48.5 Å². The Kier molecular flexibility index (Phi) is 11.9. The smallest absolute Gasteiger partial charge is 0.405 e. The van der Waals surface area contributed by atoms with Crippen LogP contribution in [-0.2, 0) is 25.6 Å². The van der Waals surface area contributed by atoms with Gasteiger partial charge in [0.2, 0.25) is 11.7 Å². The zero-order chi connectivity index (χ0) is 31.0. The number of benzene rings is 2. The van der Waals surface area contributed by atoms with E-state index in [1.54, 1.807) is 30.3 Å². The van der Waals surface area contributed by atoms with Crippen molar-refractivity contribution < 1.29 is 45.9 Å². The first-order valence-corrected chi connectivity index (χ1v) is 12.8. The van der Waals surface area contributed by atoms with E-state index in [4.69, 9.17) is 27.9 Å². The first-order chi connectivity index (χ1) is 19.0. The van der Waals surface area contributed by atoms with Gasteiger partial charge in [0.15, 0.2) is 6.61 Å². The minimum Gasteiger partial charge on any atom is -0.484 e. The quantitative estimate of drug-likeness (QED) is 0.229. The fourth-order valence-electron chi connectivity index (χ4n) is 3.40. The van der Waals surface area contributed by atoms with Gasteiger partial charge in [-0.05, 0) is 23.6 Å². The number of hydrogen-bond donors (Lipinski definition) is 3. The highest BCUT2D eigenvalue weighted by atomic mass is 35.5. The van der Waals surface area contributed by atoms with E-state index in [0.29, 0.717) is 5.56 Å². The molecule has 0 fully saturated rings. The van der Waals surface area contributed by atoms with E-state index < -0.39 is 66.8 Å². The zero-order valence-electron chi connectivity index (χ0n) is 21.7. The van der Waals surface area contributed by atoms with Gasteiger partial charge in [-0.1, -0.05) is 67.4 Å². The summed E-state index contributed by atoms with van der Waals surface area (Å²) >= 11 is 11.8. The van der Waals surface area contributed by atoms with Crippen LogP contribution >= 0.6 is 23.2 Å². The van der Waals surface area contributed by atoms with E-state index >= 15 is 0 Å². The van der Waals surface area contributed by atoms with Crippen molar-refractivity contribution in [2.75, 3.05) is 13.2 Å². The summed E-state index contributed by atoms with van der Waals surface area (Å²) in [7, 11) is 0. The molecule has 2 aromatic carbocycles. The molecule has 2 atom stereocenters. The summed E-state index contributed by atoms with van der Waals surface area (Å²) in [5.41, 5.74) is 0.558. The van der Waals surface area contributed by atoms with Crippen molar-refractivity contribution in [1.82, 2.24) is 16.0 Å². The van der Waals surface area contributed by atoms with Gasteiger partial charge in [-0.15, -0.1) is 0 Å². The summed E-state index contributed by atoms with van der Waals surface area (Å²) in [5, 5.41) is 5.90. The highest BCUT2D eigenvalue weighted by molar-refractivity contribution is 6.42. The second-order valence-electron chi connectivity index (χ2n) is 9.14. The lowest BCUT2D eigenvalue weighted by Crippen LogP contribution is -2.59. The second-order valence-corrected chi connectivity index (χ2v) is 9.96. The van der Waals surface area contributed by atoms with Crippen molar-refractivity contribution in [2.24, 2.45) is 5.92 Å². The maximum absolute atomic E-state index is 14.5. The summed E-state index contributed by atoms with van der Waals surface area (Å²) < 4.78 is 71.5. The summed E-state index contributed by atoms with van der Waals surface area (Å²) in [4.78, 5) is 50.1. The number of halogens is 7. The molecule has 0 unspecified atom stereocenters. The molecule has 0 spiro atoms. The Bertz CT molecular complexity index is 1250. The molecule has 0 saturated heterocycles. The van der Waals surface area contributed by atoms with Crippen molar-refractivity contribution in [2.45, 2.75) is 44.5 Å². The van der Waals surface area contributed by atoms with E-state index in [2.05, 4.69) is 10.6 Å². The van der Waals surface area contributed by atoms with E-state index in [1.165, 1.54) is 32.0 Å². The highest BCUT2D eigenvalue weighted by Gasteiger charge is 2.52. The molecular formula is C26H26Cl2F5N3O5. The number of amides is 3. The lowest BCUT2D eigenvalue weighted by Gasteiger charge is -2.27. The molecule has 15 heteroatoms. The Balaban J connectivity index is 2.19. The number of hydrogen-bond acceptors (Lipinski definition) is 5. The SMILES string of the molecule is CC(C)[C@H](NC(=O)[C@H](Cc1ccccc1)NC(=O)COc1ccc(Cl)c(Cl)c1)C(=O)C(F)(F)C(=O)NCC(F)(F)F. The molecule has 0 aliphatic carbocycles. The maximum atomic E-state index is 14.5. The van der Waals surface area contributed by atoms with Crippen molar-refractivity contribution in [1.29, 1.82) is 0 Å². The van der Waals surface area contributed by atoms with Gasteiger partial charge in [0, 0.05) is 12.5 Å². The highest BCUT2D eigenvalue weighted by Crippen LogP contribution is 2.26. The molecular weight excluding hydrogens is 600 g/mol. The van der Waals surface area contributed by atoms with E-state index in [1.807, 2.05) is 0 Å². The molecule has 0 radical (unpaired) electrons. The Morgan fingerprint density at radius 3 is 2.10 bits per heavy atom. The van der Waals surface area contributed by atoms with Gasteiger partial charge in [0.05, 0.1) is 16.1 Å². The largest absolute Gasteiger partial charge is 0.484 e. The van der Waals surface area contributed by atoms with E-state index in [9.17, 15) is 41.1 Å². The first kappa shape index (κ1) is 33.8. The van der Waals surface area contributed by atoms with E-state index in [-0.39, 0.29) is 22.2 Å². The number of ether oxygens (including phenoxy) is 1. The Morgan fingerprint density at radius 1 is 0.902 bits per heavy atom. The van der Waals surface area contributed by atoms with Crippen LogP contribution in [0.4, 0.5) is 22.0 Å². The van der Waals surface area contributed by atoms with Crippen LogP contribution in [-0.4, -0.2) is 60.8 Å². The van der Waals surface area contributed by atoms with Crippen LogP contribution < -0.4 is 20.7 Å². The number of Topliss-reactive ketones (excluding diaryl/α,β-unsaturated/α-hetero) is 1. The number of ketones is 1. The van der Waals surface area contributed by atoms with Gasteiger partial charge >= 0.3 is 12.1 Å². The molecule has 0 saturated carbocycles. The second kappa shape index (κ2) is 14.4. The van der Waals surface area contributed by atoms with Crippen LogP contribution in [0.1, 0.15) is 19.4 Å². The molecule has 3 amide bonds. The minimum atomic E-state index is -4.99. The molecule has 0 bridgehead atoms. The molecule has 0 heterocycles. The van der Waals surface area contributed by atoms with Gasteiger partial charge in [0.1, 0.15) is 18.3 Å². The molecule has 2 rings (SSSR count). The summed E-state index contributed by atoms with van der Waals surface area (Å²) in [6, 6.07) is 9.11.